The summed E-state index contributed by atoms with van der Waals surface area (Å²) in [5.41, 5.74) is 0. The molecule has 2 aromatic heterocycles. The minimum absolute atomic E-state index is 0.0506. The van der Waals surface area contributed by atoms with Gasteiger partial charge in [-0.25, -0.2) is 4.98 Å². The number of aryl methyl sites for hydroxylation is 1. The smallest absolute Gasteiger partial charge is 0.249 e. The van der Waals surface area contributed by atoms with Crippen molar-refractivity contribution in [3.63, 3.8) is 0 Å². The van der Waals surface area contributed by atoms with Gasteiger partial charge in [-0.1, -0.05) is 37.7 Å². The molecule has 1 saturated heterocycles. The molecule has 1 atom stereocenters. The van der Waals surface area contributed by atoms with E-state index in [-0.39, 0.29) is 17.9 Å². The van der Waals surface area contributed by atoms with Crippen molar-refractivity contribution in [1.82, 2.24) is 30.2 Å². The van der Waals surface area contributed by atoms with Gasteiger partial charge in [0.05, 0.1) is 5.75 Å². The van der Waals surface area contributed by atoms with E-state index in [2.05, 4.69) is 25.3 Å². The molecule has 1 amide bonds. The van der Waals surface area contributed by atoms with Gasteiger partial charge in [0.15, 0.2) is 5.82 Å². The third kappa shape index (κ3) is 3.61. The third-order valence-electron chi connectivity index (χ3n) is 4.00. The minimum Gasteiger partial charge on any atom is -0.337 e. The molecule has 9 heteroatoms. The third-order valence-corrected chi connectivity index (χ3v) is 4.83. The number of likely N-dealkylation sites (tertiary alicyclic amines) is 1. The van der Waals surface area contributed by atoms with Crippen LogP contribution in [0.3, 0.4) is 0 Å². The van der Waals surface area contributed by atoms with Crippen molar-refractivity contribution >= 4 is 17.7 Å². The Kier molecular flexibility index (Phi) is 5.17. The number of aromatic amines is 1. The summed E-state index contributed by atoms with van der Waals surface area (Å²) in [6.45, 7) is 6.76. The lowest BCUT2D eigenvalue weighted by Gasteiger charge is -2.21. The topological polar surface area (TPSA) is 101 Å². The van der Waals surface area contributed by atoms with Crippen LogP contribution in [0.2, 0.25) is 0 Å². The molecule has 1 fully saturated rings. The Balaban J connectivity index is 1.62. The molecule has 0 unspecified atom stereocenters. The number of rotatable bonds is 6. The predicted molar refractivity (Wildman–Crippen MR) is 88.6 cm³/mol. The molecule has 130 valence electrons. The lowest BCUT2D eigenvalue weighted by Crippen LogP contribution is -2.32. The molecule has 0 bridgehead atoms. The monoisotopic (exact) mass is 350 g/mol. The molecule has 3 rings (SSSR count). The number of carbonyl (C=O) groups excluding carboxylic acids is 1. The van der Waals surface area contributed by atoms with Crippen LogP contribution in [0.4, 0.5) is 0 Å². The summed E-state index contributed by atoms with van der Waals surface area (Å²) in [5.74, 6) is 2.63. The van der Waals surface area contributed by atoms with E-state index in [9.17, 15) is 4.79 Å². The molecular formula is C15H22N6O2S. The molecule has 0 radical (unpaired) electrons. The van der Waals surface area contributed by atoms with Gasteiger partial charge in [0.2, 0.25) is 17.0 Å². The van der Waals surface area contributed by atoms with Crippen molar-refractivity contribution in [3.05, 3.63) is 17.5 Å². The van der Waals surface area contributed by atoms with Crippen LogP contribution in [-0.2, 0) is 11.2 Å². The fraction of sp³-hybridized carbons (Fsp3) is 0.667. The van der Waals surface area contributed by atoms with Crippen molar-refractivity contribution in [1.29, 1.82) is 0 Å². The summed E-state index contributed by atoms with van der Waals surface area (Å²) in [6.07, 6.45) is 2.60. The van der Waals surface area contributed by atoms with E-state index in [1.165, 1.54) is 11.8 Å². The normalized spacial score (nSPS) is 17.8. The number of amides is 1. The average Bonchev–Trinajstić information content (AvgIpc) is 3.31. The number of nitrogens with one attached hydrogen (secondary N) is 1. The van der Waals surface area contributed by atoms with Crippen LogP contribution in [0.5, 0.6) is 0 Å². The Morgan fingerprint density at radius 2 is 2.29 bits per heavy atom. The van der Waals surface area contributed by atoms with E-state index in [1.807, 2.05) is 25.7 Å². The van der Waals surface area contributed by atoms with Gasteiger partial charge in [0.25, 0.3) is 0 Å². The van der Waals surface area contributed by atoms with Gasteiger partial charge in [-0.2, -0.15) is 4.98 Å². The summed E-state index contributed by atoms with van der Waals surface area (Å²) in [6, 6.07) is -0.114. The van der Waals surface area contributed by atoms with E-state index >= 15 is 0 Å². The molecule has 0 aliphatic carbocycles. The lowest BCUT2D eigenvalue weighted by molar-refractivity contribution is -0.129. The van der Waals surface area contributed by atoms with Crippen LogP contribution in [0.15, 0.2) is 9.68 Å². The molecule has 0 saturated carbocycles. The van der Waals surface area contributed by atoms with Gasteiger partial charge in [-0.15, -0.1) is 5.10 Å². The molecule has 1 aliphatic rings. The van der Waals surface area contributed by atoms with E-state index in [4.69, 9.17) is 4.52 Å². The zero-order valence-electron chi connectivity index (χ0n) is 14.2. The number of carbonyl (C=O) groups is 1. The molecule has 8 nitrogen and oxygen atoms in total. The zero-order chi connectivity index (χ0) is 17.1. The molecule has 24 heavy (non-hydrogen) atoms. The summed E-state index contributed by atoms with van der Waals surface area (Å²) < 4.78 is 5.38. The van der Waals surface area contributed by atoms with Crippen LogP contribution in [0.1, 0.15) is 63.1 Å². The summed E-state index contributed by atoms with van der Waals surface area (Å²) >= 11 is 1.35. The highest BCUT2D eigenvalue weighted by Gasteiger charge is 2.34. The van der Waals surface area contributed by atoms with Crippen LogP contribution in [0, 0.1) is 0 Å². The second-order valence-electron chi connectivity index (χ2n) is 6.10. The molecule has 0 aromatic carbocycles. The number of thioether (sulfide) groups is 1. The Bertz CT molecular complexity index is 698. The molecular weight excluding hydrogens is 328 g/mol. The summed E-state index contributed by atoms with van der Waals surface area (Å²) in [7, 11) is 0. The summed E-state index contributed by atoms with van der Waals surface area (Å²) in [5, 5.41) is 11.6. The Labute approximate surface area is 144 Å². The molecule has 3 heterocycles. The first-order valence-corrected chi connectivity index (χ1v) is 9.24. The van der Waals surface area contributed by atoms with Crippen molar-refractivity contribution in [2.24, 2.45) is 0 Å². The number of aromatic nitrogens is 5. The van der Waals surface area contributed by atoms with Crippen molar-refractivity contribution in [2.45, 2.75) is 57.1 Å². The van der Waals surface area contributed by atoms with Crippen LogP contribution in [-0.4, -0.2) is 48.4 Å². The maximum Gasteiger partial charge on any atom is 0.249 e. The fourth-order valence-electron chi connectivity index (χ4n) is 2.65. The van der Waals surface area contributed by atoms with Crippen molar-refractivity contribution in [3.8, 4) is 0 Å². The maximum absolute atomic E-state index is 12.6. The van der Waals surface area contributed by atoms with Gasteiger partial charge >= 0.3 is 0 Å². The zero-order valence-corrected chi connectivity index (χ0v) is 15.0. The molecule has 2 aromatic rings. The fourth-order valence-corrected chi connectivity index (χ4v) is 3.35. The SMILES string of the molecule is CCc1nc(SCC(=O)N2CCC[C@H]2c2nc(C(C)C)no2)n[nH]1. The van der Waals surface area contributed by atoms with Crippen LogP contribution < -0.4 is 0 Å². The minimum atomic E-state index is -0.114. The Morgan fingerprint density at radius 3 is 2.96 bits per heavy atom. The predicted octanol–water partition coefficient (Wildman–Crippen LogP) is 2.33. The quantitative estimate of drug-likeness (QED) is 0.798. The van der Waals surface area contributed by atoms with E-state index < -0.39 is 0 Å². The number of hydrogen-bond acceptors (Lipinski definition) is 7. The number of H-pyrrole nitrogens is 1. The number of hydrogen-bond donors (Lipinski definition) is 1. The second kappa shape index (κ2) is 7.33. The van der Waals surface area contributed by atoms with E-state index in [0.717, 1.165) is 31.6 Å². The first-order chi connectivity index (χ1) is 11.6. The van der Waals surface area contributed by atoms with Crippen LogP contribution in [0.25, 0.3) is 0 Å². The van der Waals surface area contributed by atoms with Gasteiger partial charge in [0, 0.05) is 18.9 Å². The van der Waals surface area contributed by atoms with E-state index in [1.54, 1.807) is 0 Å². The highest BCUT2D eigenvalue weighted by Crippen LogP contribution is 2.32. The highest BCUT2D eigenvalue weighted by molar-refractivity contribution is 7.99. The Hall–Kier alpha value is -1.90. The first kappa shape index (κ1) is 16.9. The van der Waals surface area contributed by atoms with Crippen molar-refractivity contribution < 1.29 is 9.32 Å². The second-order valence-corrected chi connectivity index (χ2v) is 7.04. The molecule has 0 spiro atoms. The van der Waals surface area contributed by atoms with Crippen LogP contribution >= 0.6 is 11.8 Å². The number of nitrogens with zero attached hydrogens (tertiary/aromatic N) is 5. The van der Waals surface area contributed by atoms with Gasteiger partial charge in [-0.3, -0.25) is 9.89 Å². The lowest BCUT2D eigenvalue weighted by atomic mass is 10.2. The first-order valence-electron chi connectivity index (χ1n) is 8.25. The largest absolute Gasteiger partial charge is 0.337 e. The maximum atomic E-state index is 12.6. The highest BCUT2D eigenvalue weighted by atomic mass is 32.2. The van der Waals surface area contributed by atoms with E-state index in [0.29, 0.717) is 22.6 Å². The molecule has 1 N–H and O–H groups in total. The summed E-state index contributed by atoms with van der Waals surface area (Å²) in [4.78, 5) is 23.2. The standard InChI is InChI=1S/C15H22N6O2S/c1-4-11-16-15(19-18-11)24-8-12(22)21-7-5-6-10(21)14-17-13(9(2)3)20-23-14/h9-10H,4-8H2,1-3H3,(H,16,18,19)/t10-/m0/s1. The molecule has 1 aliphatic heterocycles. The average molecular weight is 350 g/mol. The van der Waals surface area contributed by atoms with Gasteiger partial charge in [0.1, 0.15) is 11.9 Å². The van der Waals surface area contributed by atoms with Gasteiger partial charge < -0.3 is 9.42 Å². The van der Waals surface area contributed by atoms with Gasteiger partial charge in [-0.05, 0) is 12.8 Å². The Morgan fingerprint density at radius 1 is 1.46 bits per heavy atom. The van der Waals surface area contributed by atoms with Crippen molar-refractivity contribution in [2.75, 3.05) is 12.3 Å².